The molecule has 0 spiro atoms. The summed E-state index contributed by atoms with van der Waals surface area (Å²) in [6, 6.07) is 5.55. The number of rotatable bonds is 6. The number of para-hydroxylation sites is 1. The molecule has 7 nitrogen and oxygen atoms in total. The third kappa shape index (κ3) is 4.64. The molecular weight excluding hydrogens is 396 g/mol. The fraction of sp³-hybridized carbons (Fsp3) is 0.421. The number of H-pyrrole nitrogens is 1. The van der Waals surface area contributed by atoms with Gasteiger partial charge in [0.25, 0.3) is 0 Å². The second kappa shape index (κ2) is 9.38. The zero-order valence-electron chi connectivity index (χ0n) is 15.5. The van der Waals surface area contributed by atoms with E-state index in [1.807, 2.05) is 36.7 Å². The number of thioether (sulfide) groups is 1. The predicted molar refractivity (Wildman–Crippen MR) is 115 cm³/mol. The fourth-order valence-electron chi connectivity index (χ4n) is 3.25. The topological polar surface area (TPSA) is 103 Å². The number of hydrogen-bond acceptors (Lipinski definition) is 5. The Morgan fingerprint density at radius 3 is 2.36 bits per heavy atom. The van der Waals surface area contributed by atoms with Crippen molar-refractivity contribution >= 4 is 53.0 Å². The number of nitrogens with one attached hydrogen (secondary N) is 4. The Hall–Kier alpha value is -2.13. The molecule has 1 aliphatic rings. The minimum Gasteiger partial charge on any atom is -0.361 e. The summed E-state index contributed by atoms with van der Waals surface area (Å²) in [5.41, 5.74) is 1.90. The first kappa shape index (κ1) is 20.6. The lowest BCUT2D eigenvalue weighted by molar-refractivity contribution is -0.129. The average molecular weight is 421 g/mol. The van der Waals surface area contributed by atoms with Crippen molar-refractivity contribution in [2.75, 3.05) is 17.8 Å². The van der Waals surface area contributed by atoms with E-state index in [1.54, 1.807) is 11.8 Å². The van der Waals surface area contributed by atoms with Gasteiger partial charge < -0.3 is 20.9 Å². The van der Waals surface area contributed by atoms with Crippen LogP contribution in [0.25, 0.3) is 10.9 Å². The Morgan fingerprint density at radius 2 is 1.61 bits per heavy atom. The van der Waals surface area contributed by atoms with Crippen LogP contribution >= 0.6 is 24.4 Å². The molecule has 3 atom stereocenters. The first-order chi connectivity index (χ1) is 13.5. The second-order valence-corrected chi connectivity index (χ2v) is 8.06. The van der Waals surface area contributed by atoms with Crippen molar-refractivity contribution in [3.8, 4) is 0 Å². The molecule has 1 aromatic heterocycles. The van der Waals surface area contributed by atoms with Crippen LogP contribution in [0.15, 0.2) is 30.5 Å². The van der Waals surface area contributed by atoms with E-state index in [0.29, 0.717) is 12.8 Å². The molecular formula is C19H24N4O3S2. The van der Waals surface area contributed by atoms with E-state index < -0.39 is 29.9 Å². The summed E-state index contributed by atoms with van der Waals surface area (Å²) in [5, 5.41) is 9.27. The standard InChI is InChI=1S/C19H24N4O3S2/c1-28-7-6-14-17(24)22-15(18(25)23-16(10-27)19(26)21-14)8-11-9-20-13-5-3-2-4-12(11)13/h2-5,9,14-16,20,27H,6-8,10H2,1H3,(H,21,26)(H,22,24)(H,23,25)/t14-,15-,16-/m0/s1. The molecule has 0 radical (unpaired) electrons. The van der Waals surface area contributed by atoms with Crippen LogP contribution in [0.3, 0.4) is 0 Å². The van der Waals surface area contributed by atoms with Crippen LogP contribution in [0.4, 0.5) is 0 Å². The molecule has 150 valence electrons. The number of aromatic amines is 1. The zero-order valence-corrected chi connectivity index (χ0v) is 17.2. The largest absolute Gasteiger partial charge is 0.361 e. The van der Waals surface area contributed by atoms with Crippen molar-refractivity contribution < 1.29 is 14.4 Å². The van der Waals surface area contributed by atoms with Crippen molar-refractivity contribution in [3.05, 3.63) is 36.0 Å². The van der Waals surface area contributed by atoms with Crippen LogP contribution in [-0.2, 0) is 20.8 Å². The van der Waals surface area contributed by atoms with Crippen molar-refractivity contribution in [2.45, 2.75) is 31.0 Å². The van der Waals surface area contributed by atoms with Crippen molar-refractivity contribution in [2.24, 2.45) is 0 Å². The number of carbonyl (C=O) groups excluding carboxylic acids is 3. The van der Waals surface area contributed by atoms with E-state index in [0.717, 1.165) is 22.2 Å². The first-order valence-corrected chi connectivity index (χ1v) is 11.1. The number of carbonyl (C=O) groups is 3. The Balaban J connectivity index is 1.86. The van der Waals surface area contributed by atoms with Crippen molar-refractivity contribution in [1.82, 2.24) is 20.9 Å². The van der Waals surface area contributed by atoms with E-state index in [-0.39, 0.29) is 11.7 Å². The van der Waals surface area contributed by atoms with E-state index in [4.69, 9.17) is 0 Å². The highest BCUT2D eigenvalue weighted by Crippen LogP contribution is 2.19. The predicted octanol–water partition coefficient (Wildman–Crippen LogP) is 0.861. The minimum absolute atomic E-state index is 0.154. The number of aromatic nitrogens is 1. The lowest BCUT2D eigenvalue weighted by atomic mass is 10.0. The third-order valence-corrected chi connectivity index (χ3v) is 5.80. The summed E-state index contributed by atoms with van der Waals surface area (Å²) in [6.07, 6.45) is 4.61. The molecule has 2 heterocycles. The third-order valence-electron chi connectivity index (χ3n) is 4.79. The van der Waals surface area contributed by atoms with Crippen LogP contribution in [-0.4, -0.2) is 58.6 Å². The normalized spacial score (nSPS) is 23.4. The summed E-state index contributed by atoms with van der Waals surface area (Å²) < 4.78 is 0. The quantitative estimate of drug-likeness (QED) is 0.447. The summed E-state index contributed by atoms with van der Waals surface area (Å²) in [5.74, 6) is -0.253. The highest BCUT2D eigenvalue weighted by molar-refractivity contribution is 7.98. The van der Waals surface area contributed by atoms with Gasteiger partial charge in [-0.2, -0.15) is 24.4 Å². The molecule has 2 aromatic rings. The molecule has 0 saturated carbocycles. The van der Waals surface area contributed by atoms with Crippen LogP contribution in [0.2, 0.25) is 0 Å². The van der Waals surface area contributed by atoms with Gasteiger partial charge in [-0.25, -0.2) is 0 Å². The van der Waals surface area contributed by atoms with Crippen LogP contribution in [0.5, 0.6) is 0 Å². The summed E-state index contributed by atoms with van der Waals surface area (Å²) >= 11 is 5.78. The van der Waals surface area contributed by atoms with Gasteiger partial charge in [0.2, 0.25) is 17.7 Å². The Morgan fingerprint density at radius 1 is 0.964 bits per heavy atom. The Bertz CT molecular complexity index is 870. The number of hydrogen-bond donors (Lipinski definition) is 5. The maximum atomic E-state index is 12.8. The average Bonchev–Trinajstić information content (AvgIpc) is 3.11. The molecule has 0 aliphatic carbocycles. The summed E-state index contributed by atoms with van der Waals surface area (Å²) in [7, 11) is 0. The number of benzene rings is 1. The molecule has 3 rings (SSSR count). The lowest BCUT2D eigenvalue weighted by Gasteiger charge is -2.20. The van der Waals surface area contributed by atoms with Gasteiger partial charge >= 0.3 is 0 Å². The maximum Gasteiger partial charge on any atom is 0.244 e. The molecule has 4 N–H and O–H groups in total. The second-order valence-electron chi connectivity index (χ2n) is 6.71. The van der Waals surface area contributed by atoms with Gasteiger partial charge in [-0.1, -0.05) is 18.2 Å². The monoisotopic (exact) mass is 420 g/mol. The van der Waals surface area contributed by atoms with E-state index >= 15 is 0 Å². The van der Waals surface area contributed by atoms with E-state index in [2.05, 4.69) is 33.6 Å². The molecule has 28 heavy (non-hydrogen) atoms. The molecule has 9 heteroatoms. The highest BCUT2D eigenvalue weighted by Gasteiger charge is 2.33. The summed E-state index contributed by atoms with van der Waals surface area (Å²) in [4.78, 5) is 41.2. The number of thiol groups is 1. The van der Waals surface area contributed by atoms with Gasteiger partial charge in [0, 0.05) is 29.3 Å². The van der Waals surface area contributed by atoms with Gasteiger partial charge in [0.1, 0.15) is 18.1 Å². The van der Waals surface area contributed by atoms with Gasteiger partial charge in [0.05, 0.1) is 0 Å². The van der Waals surface area contributed by atoms with Gasteiger partial charge in [-0.3, -0.25) is 14.4 Å². The molecule has 0 unspecified atom stereocenters. The fourth-order valence-corrected chi connectivity index (χ4v) is 3.97. The molecule has 1 saturated heterocycles. The SMILES string of the molecule is CSCC[C@@H]1NC(=O)[C@H](CS)NC(=O)[C@H](Cc2c[nH]c3ccccc23)NC1=O. The molecule has 3 amide bonds. The van der Waals surface area contributed by atoms with Crippen LogP contribution in [0, 0.1) is 0 Å². The molecule has 1 aromatic carbocycles. The van der Waals surface area contributed by atoms with E-state index in [9.17, 15) is 14.4 Å². The molecule has 1 fully saturated rings. The number of amides is 3. The molecule has 0 bridgehead atoms. The van der Waals surface area contributed by atoms with E-state index in [1.165, 1.54) is 0 Å². The highest BCUT2D eigenvalue weighted by atomic mass is 32.2. The number of fused-ring (bicyclic) bond motifs is 1. The Labute approximate surface area is 173 Å². The van der Waals surface area contributed by atoms with Gasteiger partial charge in [0.15, 0.2) is 0 Å². The van der Waals surface area contributed by atoms with Gasteiger partial charge in [-0.15, -0.1) is 0 Å². The minimum atomic E-state index is -0.786. The summed E-state index contributed by atoms with van der Waals surface area (Å²) in [6.45, 7) is 0. The first-order valence-electron chi connectivity index (χ1n) is 9.09. The van der Waals surface area contributed by atoms with Gasteiger partial charge in [-0.05, 0) is 30.1 Å². The van der Waals surface area contributed by atoms with Crippen LogP contribution in [0.1, 0.15) is 12.0 Å². The lowest BCUT2D eigenvalue weighted by Crippen LogP contribution is -2.52. The van der Waals surface area contributed by atoms with Crippen molar-refractivity contribution in [3.63, 3.8) is 0 Å². The van der Waals surface area contributed by atoms with Crippen LogP contribution < -0.4 is 16.0 Å². The smallest absolute Gasteiger partial charge is 0.244 e. The van der Waals surface area contributed by atoms with Crippen molar-refractivity contribution in [1.29, 1.82) is 0 Å². The zero-order chi connectivity index (χ0) is 20.1. The Kier molecular flexibility index (Phi) is 6.90. The molecule has 1 aliphatic heterocycles. The maximum absolute atomic E-state index is 12.8.